The SMILES string of the molecule is O=C(Nc1ccccc1C(F)(F)F)c1ccc(-n2cnnn2)cc1. The summed E-state index contributed by atoms with van der Waals surface area (Å²) in [4.78, 5) is 12.2. The lowest BCUT2D eigenvalue weighted by Crippen LogP contribution is -2.16. The predicted octanol–water partition coefficient (Wildman–Crippen LogP) is 2.93. The van der Waals surface area contributed by atoms with Gasteiger partial charge in [-0.05, 0) is 46.8 Å². The van der Waals surface area contributed by atoms with Crippen molar-refractivity contribution in [3.05, 3.63) is 66.0 Å². The van der Waals surface area contributed by atoms with Crippen LogP contribution in [-0.4, -0.2) is 26.1 Å². The summed E-state index contributed by atoms with van der Waals surface area (Å²) in [7, 11) is 0. The number of alkyl halides is 3. The highest BCUT2D eigenvalue weighted by Crippen LogP contribution is 2.34. The lowest BCUT2D eigenvalue weighted by molar-refractivity contribution is -0.136. The maximum absolute atomic E-state index is 12.9. The molecule has 3 aromatic rings. The summed E-state index contributed by atoms with van der Waals surface area (Å²) in [5, 5.41) is 13.0. The van der Waals surface area contributed by atoms with E-state index in [1.54, 1.807) is 12.1 Å². The van der Waals surface area contributed by atoms with Gasteiger partial charge in [-0.3, -0.25) is 4.79 Å². The largest absolute Gasteiger partial charge is 0.418 e. The van der Waals surface area contributed by atoms with E-state index in [1.165, 1.54) is 41.3 Å². The molecule has 0 spiro atoms. The van der Waals surface area contributed by atoms with E-state index in [9.17, 15) is 18.0 Å². The Morgan fingerprint density at radius 1 is 1.04 bits per heavy atom. The summed E-state index contributed by atoms with van der Waals surface area (Å²) in [5.41, 5.74) is -0.362. The Balaban J connectivity index is 1.81. The van der Waals surface area contributed by atoms with Crippen molar-refractivity contribution < 1.29 is 18.0 Å². The van der Waals surface area contributed by atoms with Gasteiger partial charge in [-0.25, -0.2) is 4.68 Å². The van der Waals surface area contributed by atoms with E-state index < -0.39 is 17.6 Å². The number of tetrazole rings is 1. The molecule has 0 aliphatic carbocycles. The van der Waals surface area contributed by atoms with Gasteiger partial charge in [0.2, 0.25) is 0 Å². The van der Waals surface area contributed by atoms with Crippen LogP contribution in [0.15, 0.2) is 54.9 Å². The molecule has 0 aliphatic heterocycles. The number of nitrogens with zero attached hydrogens (tertiary/aromatic N) is 4. The van der Waals surface area contributed by atoms with E-state index in [0.29, 0.717) is 5.69 Å². The molecule has 0 saturated heterocycles. The van der Waals surface area contributed by atoms with Crippen molar-refractivity contribution >= 4 is 11.6 Å². The van der Waals surface area contributed by atoms with Crippen molar-refractivity contribution in [3.8, 4) is 5.69 Å². The normalized spacial score (nSPS) is 11.3. The first-order valence-corrected chi connectivity index (χ1v) is 6.76. The van der Waals surface area contributed by atoms with E-state index in [0.717, 1.165) is 6.07 Å². The number of aromatic nitrogens is 4. The summed E-state index contributed by atoms with van der Waals surface area (Å²) >= 11 is 0. The number of benzene rings is 2. The lowest BCUT2D eigenvalue weighted by Gasteiger charge is -2.13. The molecule has 0 saturated carbocycles. The first-order valence-electron chi connectivity index (χ1n) is 6.76. The fourth-order valence-corrected chi connectivity index (χ4v) is 2.08. The summed E-state index contributed by atoms with van der Waals surface area (Å²) in [6.07, 6.45) is -3.16. The van der Waals surface area contributed by atoms with Gasteiger partial charge in [0.25, 0.3) is 5.91 Å². The molecule has 2 aromatic carbocycles. The van der Waals surface area contributed by atoms with Crippen LogP contribution in [0.4, 0.5) is 18.9 Å². The Kier molecular flexibility index (Phi) is 3.98. The highest BCUT2D eigenvalue weighted by Gasteiger charge is 2.33. The van der Waals surface area contributed by atoms with Crippen molar-refractivity contribution in [2.24, 2.45) is 0 Å². The molecule has 0 atom stereocenters. The van der Waals surface area contributed by atoms with Crippen LogP contribution in [-0.2, 0) is 6.18 Å². The fourth-order valence-electron chi connectivity index (χ4n) is 2.08. The molecule has 0 radical (unpaired) electrons. The minimum atomic E-state index is -4.55. The highest BCUT2D eigenvalue weighted by molar-refractivity contribution is 6.04. The Morgan fingerprint density at radius 2 is 1.75 bits per heavy atom. The van der Waals surface area contributed by atoms with Crippen LogP contribution in [0, 0.1) is 0 Å². The molecule has 1 heterocycles. The third-order valence-corrected chi connectivity index (χ3v) is 3.22. The molecule has 0 bridgehead atoms. The zero-order valence-corrected chi connectivity index (χ0v) is 12.0. The molecule has 0 unspecified atom stereocenters. The van der Waals surface area contributed by atoms with Gasteiger partial charge >= 0.3 is 6.18 Å². The van der Waals surface area contributed by atoms with Crippen LogP contribution in [0.2, 0.25) is 0 Å². The quantitative estimate of drug-likeness (QED) is 0.800. The summed E-state index contributed by atoms with van der Waals surface area (Å²) in [6, 6.07) is 10.9. The molecule has 9 heteroatoms. The second kappa shape index (κ2) is 6.11. The summed E-state index contributed by atoms with van der Waals surface area (Å²) < 4.78 is 40.2. The smallest absolute Gasteiger partial charge is 0.321 e. The highest BCUT2D eigenvalue weighted by atomic mass is 19.4. The van der Waals surface area contributed by atoms with Gasteiger partial charge in [-0.1, -0.05) is 12.1 Å². The number of amides is 1. The maximum atomic E-state index is 12.9. The molecule has 1 N–H and O–H groups in total. The third-order valence-electron chi connectivity index (χ3n) is 3.22. The van der Waals surface area contributed by atoms with Crippen LogP contribution >= 0.6 is 0 Å². The minimum absolute atomic E-state index is 0.212. The van der Waals surface area contributed by atoms with Crippen LogP contribution in [0.3, 0.4) is 0 Å². The number of carbonyl (C=O) groups is 1. The van der Waals surface area contributed by atoms with Crippen molar-refractivity contribution in [1.82, 2.24) is 20.2 Å². The third kappa shape index (κ3) is 3.24. The molecule has 122 valence electrons. The number of nitrogens with one attached hydrogen (secondary N) is 1. The van der Waals surface area contributed by atoms with Crippen molar-refractivity contribution in [3.63, 3.8) is 0 Å². The number of halogens is 3. The van der Waals surface area contributed by atoms with Crippen molar-refractivity contribution in [2.75, 3.05) is 5.32 Å². The number of hydrogen-bond donors (Lipinski definition) is 1. The second-order valence-electron chi connectivity index (χ2n) is 4.80. The first-order chi connectivity index (χ1) is 11.4. The average molecular weight is 333 g/mol. The minimum Gasteiger partial charge on any atom is -0.321 e. The van der Waals surface area contributed by atoms with Gasteiger partial charge < -0.3 is 5.32 Å². The molecule has 0 fully saturated rings. The molecular formula is C15H10F3N5O. The first kappa shape index (κ1) is 15.7. The van der Waals surface area contributed by atoms with Crippen LogP contribution in [0.25, 0.3) is 5.69 Å². The molecule has 1 amide bonds. The van der Waals surface area contributed by atoms with Crippen molar-refractivity contribution in [2.45, 2.75) is 6.18 Å². The molecule has 6 nitrogen and oxygen atoms in total. The van der Waals surface area contributed by atoms with Crippen LogP contribution in [0.1, 0.15) is 15.9 Å². The van der Waals surface area contributed by atoms with Gasteiger partial charge in [-0.15, -0.1) is 5.10 Å². The topological polar surface area (TPSA) is 72.7 Å². The monoisotopic (exact) mass is 333 g/mol. The number of hydrogen-bond acceptors (Lipinski definition) is 4. The van der Waals surface area contributed by atoms with E-state index in [4.69, 9.17) is 0 Å². The Morgan fingerprint density at radius 3 is 2.38 bits per heavy atom. The van der Waals surface area contributed by atoms with Crippen molar-refractivity contribution in [1.29, 1.82) is 0 Å². The molecule has 1 aromatic heterocycles. The average Bonchev–Trinajstić information content (AvgIpc) is 3.09. The van der Waals surface area contributed by atoms with Gasteiger partial charge in [0.15, 0.2) is 0 Å². The summed E-state index contributed by atoms with van der Waals surface area (Å²) in [5.74, 6) is -0.644. The Bertz CT molecular complexity index is 844. The standard InChI is InChI=1S/C15H10F3N5O/c16-15(17,18)12-3-1-2-4-13(12)20-14(24)10-5-7-11(8-6-10)23-9-19-21-22-23/h1-9H,(H,20,24). The number of rotatable bonds is 3. The van der Waals surface area contributed by atoms with Gasteiger partial charge in [0, 0.05) is 5.56 Å². The van der Waals surface area contributed by atoms with E-state index in [1.807, 2.05) is 0 Å². The zero-order valence-electron chi connectivity index (χ0n) is 12.0. The maximum Gasteiger partial charge on any atom is 0.418 e. The molecule has 0 aliphatic rings. The van der Waals surface area contributed by atoms with Gasteiger partial charge in [0.05, 0.1) is 16.9 Å². The van der Waals surface area contributed by atoms with E-state index in [2.05, 4.69) is 20.8 Å². The number of anilines is 1. The summed E-state index contributed by atoms with van der Waals surface area (Å²) in [6.45, 7) is 0. The molecular weight excluding hydrogens is 323 g/mol. The number of carbonyl (C=O) groups excluding carboxylic acids is 1. The Labute approximate surface area is 133 Å². The van der Waals surface area contributed by atoms with Gasteiger partial charge in [-0.2, -0.15) is 13.2 Å². The second-order valence-corrected chi connectivity index (χ2v) is 4.80. The Hall–Kier alpha value is -3.23. The predicted molar refractivity (Wildman–Crippen MR) is 78.6 cm³/mol. The fraction of sp³-hybridized carbons (Fsp3) is 0.0667. The molecule has 3 rings (SSSR count). The zero-order chi connectivity index (χ0) is 17.2. The number of para-hydroxylation sites is 1. The molecule has 24 heavy (non-hydrogen) atoms. The lowest BCUT2D eigenvalue weighted by atomic mass is 10.1. The van der Waals surface area contributed by atoms with E-state index in [-0.39, 0.29) is 11.3 Å². The van der Waals surface area contributed by atoms with E-state index >= 15 is 0 Å². The van der Waals surface area contributed by atoms with Crippen LogP contribution < -0.4 is 5.32 Å². The van der Waals surface area contributed by atoms with Gasteiger partial charge in [0.1, 0.15) is 6.33 Å². The van der Waals surface area contributed by atoms with Crippen LogP contribution in [0.5, 0.6) is 0 Å².